The lowest BCUT2D eigenvalue weighted by Crippen LogP contribution is -2.32. The molecule has 2 rings (SSSR count). The lowest BCUT2D eigenvalue weighted by Gasteiger charge is -2.07. The second-order valence-electron chi connectivity index (χ2n) is 4.20. The van der Waals surface area contributed by atoms with Gasteiger partial charge in [-0.15, -0.1) is 0 Å². The van der Waals surface area contributed by atoms with Gasteiger partial charge in [-0.25, -0.2) is 0 Å². The third kappa shape index (κ3) is 3.62. The summed E-state index contributed by atoms with van der Waals surface area (Å²) in [6, 6.07) is 9.52. The van der Waals surface area contributed by atoms with E-state index in [4.69, 9.17) is 10.3 Å². The third-order valence-corrected chi connectivity index (χ3v) is 2.62. The highest BCUT2D eigenvalue weighted by molar-refractivity contribution is 5.78. The number of carbonyl (C=O) groups is 1. The van der Waals surface area contributed by atoms with Gasteiger partial charge in [-0.2, -0.15) is 4.98 Å². The van der Waals surface area contributed by atoms with Gasteiger partial charge in [0.25, 0.3) is 0 Å². The first-order valence-corrected chi connectivity index (χ1v) is 6.05. The highest BCUT2D eigenvalue weighted by atomic mass is 16.5. The lowest BCUT2D eigenvalue weighted by molar-refractivity contribution is -0.120. The van der Waals surface area contributed by atoms with Crippen molar-refractivity contribution in [1.82, 2.24) is 15.5 Å². The van der Waals surface area contributed by atoms with Crippen molar-refractivity contribution in [2.24, 2.45) is 5.73 Å². The number of rotatable bonds is 5. The van der Waals surface area contributed by atoms with E-state index in [0.29, 0.717) is 18.1 Å². The van der Waals surface area contributed by atoms with Crippen LogP contribution in [0.3, 0.4) is 0 Å². The van der Waals surface area contributed by atoms with Crippen LogP contribution >= 0.6 is 0 Å². The summed E-state index contributed by atoms with van der Waals surface area (Å²) in [5.41, 5.74) is 6.33. The summed E-state index contributed by atoms with van der Waals surface area (Å²) in [6.45, 7) is 1.71. The Labute approximate surface area is 111 Å². The molecule has 0 saturated carbocycles. The number of aromatic nitrogens is 2. The maximum absolute atomic E-state index is 11.2. The fourth-order valence-corrected chi connectivity index (χ4v) is 1.66. The molecule has 1 heterocycles. The monoisotopic (exact) mass is 260 g/mol. The first-order valence-electron chi connectivity index (χ1n) is 6.05. The van der Waals surface area contributed by atoms with Crippen LogP contribution in [-0.4, -0.2) is 22.6 Å². The summed E-state index contributed by atoms with van der Waals surface area (Å²) in [5.74, 6) is 0.720. The van der Waals surface area contributed by atoms with Gasteiger partial charge in [0, 0.05) is 6.42 Å². The Morgan fingerprint density at radius 2 is 2.16 bits per heavy atom. The van der Waals surface area contributed by atoms with Crippen molar-refractivity contribution < 1.29 is 9.32 Å². The maximum atomic E-state index is 11.2. The molecule has 3 N–H and O–H groups in total. The van der Waals surface area contributed by atoms with Crippen molar-refractivity contribution in [3.8, 4) is 0 Å². The average molecular weight is 260 g/mol. The van der Waals surface area contributed by atoms with Gasteiger partial charge in [-0.3, -0.25) is 4.79 Å². The highest BCUT2D eigenvalue weighted by Crippen LogP contribution is 2.11. The molecule has 0 fully saturated rings. The van der Waals surface area contributed by atoms with Crippen LogP contribution in [0.15, 0.2) is 34.9 Å². The number of hydrogen-bond donors (Lipinski definition) is 2. The van der Waals surface area contributed by atoms with E-state index >= 15 is 0 Å². The normalized spacial score (nSPS) is 12.1. The highest BCUT2D eigenvalue weighted by Gasteiger charge is 2.15. The Morgan fingerprint density at radius 3 is 2.84 bits per heavy atom. The van der Waals surface area contributed by atoms with Crippen LogP contribution in [-0.2, 0) is 11.2 Å². The van der Waals surface area contributed by atoms with Gasteiger partial charge in [-0.1, -0.05) is 35.5 Å². The fraction of sp³-hybridized carbons (Fsp3) is 0.308. The molecule has 2 aromatic rings. The first-order chi connectivity index (χ1) is 9.19. The summed E-state index contributed by atoms with van der Waals surface area (Å²) >= 11 is 0. The molecule has 1 atom stereocenters. The molecule has 1 aromatic heterocycles. The summed E-state index contributed by atoms with van der Waals surface area (Å²) in [6.07, 6.45) is 0.599. The molecule has 0 aliphatic heterocycles. The molecule has 0 spiro atoms. The second kappa shape index (κ2) is 6.10. The SMILES string of the molecule is CC(NC(=O)CN)c1nc(Cc2ccccc2)no1. The van der Waals surface area contributed by atoms with Crippen LogP contribution in [0, 0.1) is 0 Å². The second-order valence-corrected chi connectivity index (χ2v) is 4.20. The van der Waals surface area contributed by atoms with Crippen LogP contribution in [0.4, 0.5) is 0 Å². The molecule has 0 aliphatic carbocycles. The molecule has 1 aromatic carbocycles. The zero-order chi connectivity index (χ0) is 13.7. The fourth-order valence-electron chi connectivity index (χ4n) is 1.66. The molecule has 100 valence electrons. The number of nitrogens with one attached hydrogen (secondary N) is 1. The maximum Gasteiger partial charge on any atom is 0.248 e. The number of amides is 1. The zero-order valence-corrected chi connectivity index (χ0v) is 10.7. The Hall–Kier alpha value is -2.21. The average Bonchev–Trinajstić information content (AvgIpc) is 2.88. The van der Waals surface area contributed by atoms with Gasteiger partial charge in [0.2, 0.25) is 11.8 Å². The van der Waals surface area contributed by atoms with E-state index in [1.54, 1.807) is 6.92 Å². The van der Waals surface area contributed by atoms with Crippen molar-refractivity contribution in [1.29, 1.82) is 0 Å². The van der Waals surface area contributed by atoms with E-state index in [9.17, 15) is 4.79 Å². The van der Waals surface area contributed by atoms with Gasteiger partial charge < -0.3 is 15.6 Å². The van der Waals surface area contributed by atoms with Gasteiger partial charge >= 0.3 is 0 Å². The van der Waals surface area contributed by atoms with E-state index in [-0.39, 0.29) is 18.5 Å². The predicted octanol–water partition coefficient (Wildman–Crippen LogP) is 0.796. The van der Waals surface area contributed by atoms with Crippen molar-refractivity contribution in [3.05, 3.63) is 47.6 Å². The van der Waals surface area contributed by atoms with Gasteiger partial charge in [-0.05, 0) is 12.5 Å². The van der Waals surface area contributed by atoms with Crippen LogP contribution in [0.2, 0.25) is 0 Å². The predicted molar refractivity (Wildman–Crippen MR) is 69.2 cm³/mol. The quantitative estimate of drug-likeness (QED) is 0.829. The van der Waals surface area contributed by atoms with Crippen LogP contribution < -0.4 is 11.1 Å². The molecule has 19 heavy (non-hydrogen) atoms. The topological polar surface area (TPSA) is 94.0 Å². The van der Waals surface area contributed by atoms with Crippen LogP contribution in [0.1, 0.15) is 30.2 Å². The molecule has 6 heteroatoms. The molecular weight excluding hydrogens is 244 g/mol. The summed E-state index contributed by atoms with van der Waals surface area (Å²) in [5, 5.41) is 6.56. The molecule has 0 saturated heterocycles. The first kappa shape index (κ1) is 13.2. The molecular formula is C13H16N4O2. The molecule has 0 radical (unpaired) electrons. The third-order valence-electron chi connectivity index (χ3n) is 2.62. The van der Waals surface area contributed by atoms with E-state index < -0.39 is 0 Å². The zero-order valence-electron chi connectivity index (χ0n) is 10.7. The molecule has 6 nitrogen and oxygen atoms in total. The number of nitrogens with zero attached hydrogens (tertiary/aromatic N) is 2. The van der Waals surface area contributed by atoms with Gasteiger partial charge in [0.1, 0.15) is 6.04 Å². The standard InChI is InChI=1S/C13H16N4O2/c1-9(15-12(18)8-14)13-16-11(17-19-13)7-10-5-3-2-4-6-10/h2-6,9H,7-8,14H2,1H3,(H,15,18). The minimum atomic E-state index is -0.340. The van der Waals surface area contributed by atoms with E-state index in [1.165, 1.54) is 0 Å². The molecule has 1 unspecified atom stereocenters. The van der Waals surface area contributed by atoms with Crippen molar-refractivity contribution in [3.63, 3.8) is 0 Å². The largest absolute Gasteiger partial charge is 0.343 e. The molecule has 1 amide bonds. The number of carbonyl (C=O) groups excluding carboxylic acids is 1. The van der Waals surface area contributed by atoms with E-state index in [2.05, 4.69) is 15.5 Å². The van der Waals surface area contributed by atoms with Crippen molar-refractivity contribution in [2.45, 2.75) is 19.4 Å². The molecule has 0 bridgehead atoms. The number of benzene rings is 1. The summed E-state index contributed by atoms with van der Waals surface area (Å²) < 4.78 is 5.13. The number of hydrogen-bond acceptors (Lipinski definition) is 5. The lowest BCUT2D eigenvalue weighted by atomic mass is 10.1. The van der Waals surface area contributed by atoms with E-state index in [1.807, 2.05) is 30.3 Å². The summed E-state index contributed by atoms with van der Waals surface area (Å²) in [4.78, 5) is 15.4. The van der Waals surface area contributed by atoms with Crippen LogP contribution in [0.5, 0.6) is 0 Å². The Bertz CT molecular complexity index is 539. The minimum absolute atomic E-state index is 0.0602. The van der Waals surface area contributed by atoms with E-state index in [0.717, 1.165) is 5.56 Å². The summed E-state index contributed by atoms with van der Waals surface area (Å²) in [7, 11) is 0. The van der Waals surface area contributed by atoms with Crippen molar-refractivity contribution in [2.75, 3.05) is 6.54 Å². The number of nitrogens with two attached hydrogens (primary N) is 1. The van der Waals surface area contributed by atoms with Gasteiger partial charge in [0.15, 0.2) is 5.82 Å². The Morgan fingerprint density at radius 1 is 1.42 bits per heavy atom. The van der Waals surface area contributed by atoms with Crippen LogP contribution in [0.25, 0.3) is 0 Å². The van der Waals surface area contributed by atoms with Gasteiger partial charge in [0.05, 0.1) is 6.54 Å². The minimum Gasteiger partial charge on any atom is -0.343 e. The molecule has 0 aliphatic rings. The Balaban J connectivity index is 2.01. The smallest absolute Gasteiger partial charge is 0.248 e. The Kier molecular flexibility index (Phi) is 4.25. The van der Waals surface area contributed by atoms with Crippen molar-refractivity contribution >= 4 is 5.91 Å².